The second-order valence-electron chi connectivity index (χ2n) is 26.2. The second kappa shape index (κ2) is 126. The Bertz CT molecular complexity index is 1150. The molecule has 0 radical (unpaired) electrons. The molecule has 0 unspecified atom stereocenters. The van der Waals surface area contributed by atoms with E-state index < -0.39 is 0 Å². The number of hydrogen-bond donors (Lipinski definition) is 13. The average molecular weight is 1410 g/mol. The van der Waals surface area contributed by atoms with Gasteiger partial charge in [-0.05, 0) is 259 Å². The molecule has 1 aliphatic heterocycles. The van der Waals surface area contributed by atoms with E-state index in [2.05, 4.69) is 125 Å². The van der Waals surface area contributed by atoms with Crippen molar-refractivity contribution in [3.63, 3.8) is 0 Å². The van der Waals surface area contributed by atoms with Gasteiger partial charge in [-0.1, -0.05) is 218 Å². The third-order valence-electron chi connectivity index (χ3n) is 15.7. The Hall–Kier alpha value is -1.23. The minimum absolute atomic E-state index is 0.711. The molecule has 1 aliphatic rings. The van der Waals surface area contributed by atoms with Gasteiger partial charge in [0.15, 0.2) is 0 Å². The third kappa shape index (κ3) is 138. The molecule has 23 N–H and O–H groups in total. The summed E-state index contributed by atoms with van der Waals surface area (Å²) in [5.41, 5.74) is 54.4. The van der Waals surface area contributed by atoms with E-state index in [0.717, 1.165) is 116 Å². The smallest absolute Gasteiger partial charge is 0.0376 e. The summed E-state index contributed by atoms with van der Waals surface area (Å²) in [6, 6.07) is 0. The summed E-state index contributed by atoms with van der Waals surface area (Å²) in [4.78, 5) is 11.7. The number of nitrogens with one attached hydrogen (secondary N) is 3. The van der Waals surface area contributed by atoms with Crippen LogP contribution in [0.3, 0.4) is 0 Å². The molecule has 17 heteroatoms. The summed E-state index contributed by atoms with van der Waals surface area (Å²) in [5, 5.41) is 10.2. The molecule has 1 heterocycles. The molecule has 0 saturated carbocycles. The SMILES string of the molecule is CCCCCCCCN.CCCCCN.CCCCCN(CCCCC)CCCCN.CCCCN.CCCCN(CCCC)CCCN.CCCCNCCCCCCCCN.CCCN.CCCN(CCC)CCN.CCCNCCCCCNCCN.NCCC1=CCC=N1. The molecular weight excluding hydrogens is 1210 g/mol. The predicted octanol–water partition coefficient (Wildman–Crippen LogP) is 15.3. The predicted molar refractivity (Wildman–Crippen MR) is 452 cm³/mol. The number of hydrogen-bond acceptors (Lipinski definition) is 17. The number of nitrogens with zero attached hydrogens (tertiary/aromatic N) is 4. The molecule has 1 rings (SSSR count). The fourth-order valence-corrected chi connectivity index (χ4v) is 9.53. The van der Waals surface area contributed by atoms with E-state index in [4.69, 9.17) is 57.3 Å². The van der Waals surface area contributed by atoms with Gasteiger partial charge in [-0.25, -0.2) is 0 Å². The average Bonchev–Trinajstić information content (AvgIpc) is 3.56. The Kier molecular flexibility index (Phi) is 148. The zero-order valence-electron chi connectivity index (χ0n) is 69.4. The minimum Gasteiger partial charge on any atom is -0.330 e. The Morgan fingerprint density at radius 3 is 0.908 bits per heavy atom. The van der Waals surface area contributed by atoms with E-state index in [9.17, 15) is 0 Å². The molecule has 0 aliphatic carbocycles. The Morgan fingerprint density at radius 1 is 0.245 bits per heavy atom. The van der Waals surface area contributed by atoms with Crippen LogP contribution in [-0.2, 0) is 0 Å². The van der Waals surface area contributed by atoms with Crippen molar-refractivity contribution in [2.75, 3.05) is 164 Å². The van der Waals surface area contributed by atoms with Crippen molar-refractivity contribution in [1.29, 1.82) is 0 Å². The zero-order valence-corrected chi connectivity index (χ0v) is 69.4. The maximum absolute atomic E-state index is 5.54. The van der Waals surface area contributed by atoms with E-state index in [1.165, 1.54) is 310 Å². The van der Waals surface area contributed by atoms with Crippen LogP contribution in [0.4, 0.5) is 0 Å². The molecule has 0 atom stereocenters. The van der Waals surface area contributed by atoms with Crippen LogP contribution in [0.25, 0.3) is 0 Å². The van der Waals surface area contributed by atoms with E-state index in [1.807, 2.05) is 6.21 Å². The summed E-state index contributed by atoms with van der Waals surface area (Å²) in [6.45, 7) is 52.5. The molecule has 0 aromatic carbocycles. The summed E-state index contributed by atoms with van der Waals surface area (Å²) in [5.74, 6) is 0. The van der Waals surface area contributed by atoms with Crippen LogP contribution >= 0.6 is 0 Å². The highest BCUT2D eigenvalue weighted by atomic mass is 15.1. The monoisotopic (exact) mass is 1400 g/mol. The quantitative estimate of drug-likeness (QED) is 0.0252. The van der Waals surface area contributed by atoms with Crippen molar-refractivity contribution >= 4 is 6.21 Å². The van der Waals surface area contributed by atoms with E-state index in [1.54, 1.807) is 0 Å². The summed E-state index contributed by atoms with van der Waals surface area (Å²) in [6.07, 6.45) is 56.4. The normalized spacial score (nSPS) is 10.9. The van der Waals surface area contributed by atoms with Gasteiger partial charge in [-0.15, -0.1) is 0 Å². The van der Waals surface area contributed by atoms with Crippen LogP contribution in [0.1, 0.15) is 346 Å². The Labute approximate surface area is 618 Å². The van der Waals surface area contributed by atoms with Crippen LogP contribution in [0.5, 0.6) is 0 Å². The minimum atomic E-state index is 0.711. The maximum Gasteiger partial charge on any atom is 0.0376 e. The molecule has 0 bridgehead atoms. The lowest BCUT2D eigenvalue weighted by Crippen LogP contribution is -2.30. The number of allylic oxidation sites excluding steroid dienone is 1. The van der Waals surface area contributed by atoms with Crippen LogP contribution in [0, 0.1) is 0 Å². The number of aliphatic imine (C=N–C) groups is 1. The largest absolute Gasteiger partial charge is 0.330 e. The van der Waals surface area contributed by atoms with Gasteiger partial charge in [-0.2, -0.15) is 0 Å². The Morgan fingerprint density at radius 2 is 0.561 bits per heavy atom. The van der Waals surface area contributed by atoms with Crippen molar-refractivity contribution < 1.29 is 0 Å². The summed E-state index contributed by atoms with van der Waals surface area (Å²) in [7, 11) is 0. The zero-order chi connectivity index (χ0) is 75.2. The number of rotatable bonds is 62. The van der Waals surface area contributed by atoms with Crippen molar-refractivity contribution in [3.8, 4) is 0 Å². The molecule has 602 valence electrons. The Balaban J connectivity index is -0.000000131. The summed E-state index contributed by atoms with van der Waals surface area (Å²) >= 11 is 0. The lowest BCUT2D eigenvalue weighted by Gasteiger charge is -2.22. The van der Waals surface area contributed by atoms with E-state index in [-0.39, 0.29) is 0 Å². The van der Waals surface area contributed by atoms with Crippen LogP contribution in [-0.4, -0.2) is 185 Å². The first-order valence-electron chi connectivity index (χ1n) is 42.5. The van der Waals surface area contributed by atoms with Crippen LogP contribution in [0.2, 0.25) is 0 Å². The molecule has 0 fully saturated rings. The van der Waals surface area contributed by atoms with Crippen LogP contribution < -0.4 is 73.3 Å². The van der Waals surface area contributed by atoms with Gasteiger partial charge in [0.2, 0.25) is 0 Å². The van der Waals surface area contributed by atoms with Crippen LogP contribution in [0.15, 0.2) is 16.8 Å². The van der Waals surface area contributed by atoms with Crippen molar-refractivity contribution in [3.05, 3.63) is 11.8 Å². The molecular formula is C81H193N17. The standard InChI is InChI=1S/C14H32N2.C12H28N2.C11H26N2.C10H25N3.C8H20N2.C8H19N.C6H10N2.C5H13N.C4H11N.C3H9N/c1-3-5-8-12-16(13-9-6-4-2)14-10-7-11-15;1-2-3-11-14-12-9-7-5-4-6-8-10-13;1-3-5-9-13(10-6-4-2)11-7-8-12;1-2-7-12-8-4-3-5-9-13-10-6-11;1-3-6-10(7-4-2)8-5-9;1-2-3-4-5-6-7-8-9;7-4-3-6-2-1-5-8-6;1-2-3-4-5-6;1-2-3-4-5;1-2-3-4/h3-15H2,1-2H3;14H,2-13H2,1H3;3-12H2,1-2H3;12-13H,2-11H2,1H3;3-9H2,1-2H3;2-9H2,1H3;2,5H,1,3-4,7H2;2-6H2,1H3;2-5H2,1H3;2-4H2,1H3. The van der Waals surface area contributed by atoms with Gasteiger partial charge >= 0.3 is 0 Å². The highest BCUT2D eigenvalue weighted by Crippen LogP contribution is 2.09. The van der Waals surface area contributed by atoms with Crippen molar-refractivity contribution in [2.45, 2.75) is 346 Å². The van der Waals surface area contributed by atoms with Gasteiger partial charge in [0.25, 0.3) is 0 Å². The van der Waals surface area contributed by atoms with Gasteiger partial charge in [0, 0.05) is 50.9 Å². The van der Waals surface area contributed by atoms with Gasteiger partial charge in [0.1, 0.15) is 0 Å². The molecule has 98 heavy (non-hydrogen) atoms. The van der Waals surface area contributed by atoms with E-state index in [0.29, 0.717) is 6.54 Å². The van der Waals surface area contributed by atoms with Crippen molar-refractivity contribution in [2.24, 2.45) is 62.3 Å². The third-order valence-corrected chi connectivity index (χ3v) is 15.7. The molecule has 0 spiro atoms. The topological polar surface area (TPSA) is 318 Å². The van der Waals surface area contributed by atoms with Gasteiger partial charge < -0.3 is 88.0 Å². The fourth-order valence-electron chi connectivity index (χ4n) is 9.53. The first-order valence-corrected chi connectivity index (χ1v) is 42.5. The van der Waals surface area contributed by atoms with Crippen molar-refractivity contribution in [1.82, 2.24) is 30.7 Å². The van der Waals surface area contributed by atoms with Gasteiger partial charge in [0.05, 0.1) is 0 Å². The fraction of sp³-hybridized carbons (Fsp3) is 0.963. The first kappa shape index (κ1) is 115. The van der Waals surface area contributed by atoms with E-state index >= 15 is 0 Å². The lowest BCUT2D eigenvalue weighted by atomic mass is 10.1. The van der Waals surface area contributed by atoms with Gasteiger partial charge in [-0.3, -0.25) is 4.99 Å². The highest BCUT2D eigenvalue weighted by molar-refractivity contribution is 5.64. The lowest BCUT2D eigenvalue weighted by molar-refractivity contribution is 0.257. The molecule has 0 aromatic rings. The second-order valence-corrected chi connectivity index (χ2v) is 26.2. The molecule has 0 saturated heterocycles. The molecule has 17 nitrogen and oxygen atoms in total. The molecule has 0 aromatic heterocycles. The first-order chi connectivity index (χ1) is 48.0. The molecule has 0 amide bonds. The number of nitrogens with two attached hydrogens (primary N) is 10. The maximum atomic E-state index is 5.54. The highest BCUT2D eigenvalue weighted by Gasteiger charge is 2.05. The number of unbranched alkanes of at least 4 members (excludes halogenated alkanes) is 23. The summed E-state index contributed by atoms with van der Waals surface area (Å²) < 4.78 is 0.